The zero-order chi connectivity index (χ0) is 25.1. The highest BCUT2D eigenvalue weighted by atomic mass is 35.5. The van der Waals surface area contributed by atoms with Gasteiger partial charge >= 0.3 is 6.03 Å². The molecule has 190 valence electrons. The highest BCUT2D eigenvalue weighted by Crippen LogP contribution is 2.38. The minimum absolute atomic E-state index is 0.0463. The molecule has 11 heteroatoms. The molecule has 4 rings (SSSR count). The van der Waals surface area contributed by atoms with Crippen molar-refractivity contribution in [2.24, 2.45) is 5.92 Å². The molecule has 0 bridgehead atoms. The summed E-state index contributed by atoms with van der Waals surface area (Å²) in [5, 5.41) is 7.28. The molecule has 2 saturated heterocycles. The Morgan fingerprint density at radius 1 is 1.17 bits per heavy atom. The summed E-state index contributed by atoms with van der Waals surface area (Å²) in [6.45, 7) is 3.86. The first kappa shape index (κ1) is 25.2. The lowest BCUT2D eigenvalue weighted by Gasteiger charge is -2.48. The Hall–Kier alpha value is -2.85. The van der Waals surface area contributed by atoms with Gasteiger partial charge in [0.2, 0.25) is 17.7 Å². The highest BCUT2D eigenvalue weighted by molar-refractivity contribution is 6.33. The van der Waals surface area contributed by atoms with Crippen LogP contribution >= 0.6 is 11.6 Å². The van der Waals surface area contributed by atoms with Crippen molar-refractivity contribution in [2.45, 2.75) is 70.7 Å². The number of hydrazine groups is 1. The molecule has 3 aliphatic rings. The molecule has 1 aliphatic carbocycles. The second kappa shape index (κ2) is 10.8. The lowest BCUT2D eigenvalue weighted by Crippen LogP contribution is -2.66. The molecule has 0 aromatic heterocycles. The Morgan fingerprint density at radius 3 is 2.66 bits per heavy atom. The minimum atomic E-state index is -0.723. The van der Waals surface area contributed by atoms with E-state index in [1.807, 2.05) is 13.8 Å². The molecule has 5 amide bonds. The Kier molecular flexibility index (Phi) is 7.81. The number of anilines is 1. The van der Waals surface area contributed by atoms with E-state index in [0.717, 1.165) is 25.7 Å². The minimum Gasteiger partial charge on any atom is -0.354 e. The largest absolute Gasteiger partial charge is 0.354 e. The smallest absolute Gasteiger partial charge is 0.337 e. The molecular formula is C24H33ClN6O4. The maximum atomic E-state index is 13.4. The first-order chi connectivity index (χ1) is 16.8. The number of benzene rings is 1. The third kappa shape index (κ3) is 5.38. The van der Waals surface area contributed by atoms with Crippen LogP contribution in [0, 0.1) is 5.92 Å². The Morgan fingerprint density at radius 2 is 1.91 bits per heavy atom. The molecule has 1 aromatic rings. The van der Waals surface area contributed by atoms with Crippen molar-refractivity contribution in [1.29, 1.82) is 0 Å². The molecule has 35 heavy (non-hydrogen) atoms. The topological polar surface area (TPSA) is 114 Å². The van der Waals surface area contributed by atoms with E-state index < -0.39 is 12.2 Å². The maximum Gasteiger partial charge on any atom is 0.337 e. The number of amides is 5. The fourth-order valence-electron chi connectivity index (χ4n) is 5.02. The number of hydrogen-bond donors (Lipinski definition) is 3. The van der Waals surface area contributed by atoms with Gasteiger partial charge in [-0.15, -0.1) is 0 Å². The van der Waals surface area contributed by atoms with Crippen molar-refractivity contribution in [3.05, 3.63) is 29.3 Å². The van der Waals surface area contributed by atoms with Gasteiger partial charge in [-0.1, -0.05) is 43.5 Å². The van der Waals surface area contributed by atoms with Crippen molar-refractivity contribution >= 4 is 41.0 Å². The summed E-state index contributed by atoms with van der Waals surface area (Å²) >= 11 is 6.13. The summed E-state index contributed by atoms with van der Waals surface area (Å²) in [6.07, 6.45) is 3.55. The van der Waals surface area contributed by atoms with Crippen LogP contribution < -0.4 is 16.1 Å². The van der Waals surface area contributed by atoms with E-state index in [1.165, 1.54) is 5.01 Å². The molecule has 2 aliphatic heterocycles. The number of nitrogens with zero attached hydrogens (tertiary/aromatic N) is 3. The van der Waals surface area contributed by atoms with Gasteiger partial charge in [-0.3, -0.25) is 19.3 Å². The number of hydrogen-bond acceptors (Lipinski definition) is 5. The van der Waals surface area contributed by atoms with Crippen LogP contribution in [0.3, 0.4) is 0 Å². The first-order valence-electron chi connectivity index (χ1n) is 12.3. The summed E-state index contributed by atoms with van der Waals surface area (Å²) in [4.78, 5) is 55.1. The van der Waals surface area contributed by atoms with Crippen molar-refractivity contribution in [3.63, 3.8) is 0 Å². The van der Waals surface area contributed by atoms with Gasteiger partial charge in [0.05, 0.1) is 16.6 Å². The number of halogens is 1. The SMILES string of the molecule is CCC(C)NC(=O)CCN1C(=O)C2CCCCC2N2C(=O)N(CC(=O)Nc3ccccc3Cl)NC12. The van der Waals surface area contributed by atoms with E-state index in [0.29, 0.717) is 17.1 Å². The molecule has 4 unspecified atom stereocenters. The number of carbonyl (C=O) groups excluding carboxylic acids is 4. The van der Waals surface area contributed by atoms with Gasteiger partial charge in [-0.2, -0.15) is 5.43 Å². The summed E-state index contributed by atoms with van der Waals surface area (Å²) < 4.78 is 0. The maximum absolute atomic E-state index is 13.4. The Labute approximate surface area is 210 Å². The molecule has 1 saturated carbocycles. The predicted octanol–water partition coefficient (Wildman–Crippen LogP) is 2.51. The van der Waals surface area contributed by atoms with E-state index in [2.05, 4.69) is 16.1 Å². The van der Waals surface area contributed by atoms with Gasteiger partial charge in [0.25, 0.3) is 0 Å². The number of nitrogens with one attached hydrogen (secondary N) is 3. The third-order valence-electron chi connectivity index (χ3n) is 7.02. The fourth-order valence-corrected chi connectivity index (χ4v) is 5.21. The summed E-state index contributed by atoms with van der Waals surface area (Å²) in [6, 6.07) is 6.35. The van der Waals surface area contributed by atoms with Gasteiger partial charge in [-0.05, 0) is 38.3 Å². The van der Waals surface area contributed by atoms with Crippen molar-refractivity contribution < 1.29 is 19.2 Å². The quantitative estimate of drug-likeness (QED) is 0.503. The van der Waals surface area contributed by atoms with E-state index in [4.69, 9.17) is 11.6 Å². The Balaban J connectivity index is 1.48. The van der Waals surface area contributed by atoms with E-state index in [9.17, 15) is 19.2 Å². The third-order valence-corrected chi connectivity index (χ3v) is 7.35. The molecule has 2 heterocycles. The van der Waals surface area contributed by atoms with Crippen LogP contribution in [-0.2, 0) is 14.4 Å². The molecule has 3 fully saturated rings. The standard InChI is InChI=1S/C24H33ClN6O4/c1-3-15(2)26-20(32)12-13-29-22(34)16-8-4-7-11-19(16)31-23(29)28-30(24(31)35)14-21(33)27-18-10-6-5-9-17(18)25/h5-6,9-10,15-16,19,23,28H,3-4,7-8,11-14H2,1-2H3,(H,26,32)(H,27,33). The first-order valence-corrected chi connectivity index (χ1v) is 12.7. The molecule has 1 aromatic carbocycles. The van der Waals surface area contributed by atoms with Gasteiger partial charge < -0.3 is 15.5 Å². The zero-order valence-electron chi connectivity index (χ0n) is 20.1. The average Bonchev–Trinajstić information content (AvgIpc) is 3.16. The molecule has 0 radical (unpaired) electrons. The van der Waals surface area contributed by atoms with E-state index >= 15 is 0 Å². The van der Waals surface area contributed by atoms with Crippen LogP contribution in [-0.4, -0.2) is 70.0 Å². The highest BCUT2D eigenvalue weighted by Gasteiger charge is 2.54. The number of carbonyl (C=O) groups is 4. The predicted molar refractivity (Wildman–Crippen MR) is 131 cm³/mol. The van der Waals surface area contributed by atoms with Crippen molar-refractivity contribution in [1.82, 2.24) is 25.6 Å². The van der Waals surface area contributed by atoms with Crippen molar-refractivity contribution in [3.8, 4) is 0 Å². The molecule has 3 N–H and O–H groups in total. The lowest BCUT2D eigenvalue weighted by atomic mass is 9.81. The zero-order valence-corrected chi connectivity index (χ0v) is 20.9. The van der Waals surface area contributed by atoms with Crippen LogP contribution in [0.2, 0.25) is 5.02 Å². The molecule has 4 atom stereocenters. The lowest BCUT2D eigenvalue weighted by molar-refractivity contribution is -0.156. The summed E-state index contributed by atoms with van der Waals surface area (Å²) in [5.74, 6) is -0.884. The van der Waals surface area contributed by atoms with Crippen LogP contribution in [0.1, 0.15) is 52.4 Å². The van der Waals surface area contributed by atoms with Gasteiger partial charge in [-0.25, -0.2) is 9.80 Å². The second-order valence-electron chi connectivity index (χ2n) is 9.42. The van der Waals surface area contributed by atoms with Crippen LogP contribution in [0.5, 0.6) is 0 Å². The Bertz CT molecular complexity index is 991. The van der Waals surface area contributed by atoms with Crippen LogP contribution in [0.25, 0.3) is 0 Å². The molecular weight excluding hydrogens is 472 g/mol. The molecule has 10 nitrogen and oxygen atoms in total. The van der Waals surface area contributed by atoms with Gasteiger partial charge in [0.15, 0.2) is 6.29 Å². The average molecular weight is 505 g/mol. The second-order valence-corrected chi connectivity index (χ2v) is 9.83. The number of urea groups is 1. The van der Waals surface area contributed by atoms with Crippen LogP contribution in [0.15, 0.2) is 24.3 Å². The molecule has 0 spiro atoms. The number of fused-ring (bicyclic) bond motifs is 3. The monoisotopic (exact) mass is 504 g/mol. The summed E-state index contributed by atoms with van der Waals surface area (Å²) in [5.41, 5.74) is 3.51. The summed E-state index contributed by atoms with van der Waals surface area (Å²) in [7, 11) is 0. The van der Waals surface area contributed by atoms with Crippen molar-refractivity contribution in [2.75, 3.05) is 18.4 Å². The number of para-hydroxylation sites is 1. The number of rotatable bonds is 8. The van der Waals surface area contributed by atoms with Gasteiger partial charge in [0, 0.05) is 25.0 Å². The fraction of sp³-hybridized carbons (Fsp3) is 0.583. The van der Waals surface area contributed by atoms with E-state index in [-0.39, 0.29) is 55.4 Å². The van der Waals surface area contributed by atoms with E-state index in [1.54, 1.807) is 34.1 Å². The van der Waals surface area contributed by atoms with Crippen LogP contribution in [0.4, 0.5) is 10.5 Å². The van der Waals surface area contributed by atoms with Gasteiger partial charge in [0.1, 0.15) is 6.54 Å². The normalized spacial score (nSPS) is 24.7.